The van der Waals surface area contributed by atoms with Crippen molar-refractivity contribution in [1.82, 2.24) is 9.38 Å². The van der Waals surface area contributed by atoms with Crippen LogP contribution in [0.5, 0.6) is 5.75 Å². The topological polar surface area (TPSA) is 101 Å². The zero-order chi connectivity index (χ0) is 19.6. The number of nitrogens with zero attached hydrogens (tertiary/aromatic N) is 2. The van der Waals surface area contributed by atoms with Gasteiger partial charge >= 0.3 is 0 Å². The molecule has 2 aromatic heterocycles. The summed E-state index contributed by atoms with van der Waals surface area (Å²) in [6.45, 7) is 3.43. The first-order valence-corrected chi connectivity index (χ1v) is 10.2. The van der Waals surface area contributed by atoms with Crippen LogP contribution in [0.15, 0.2) is 47.5 Å². The van der Waals surface area contributed by atoms with E-state index < -0.39 is 9.84 Å². The number of hydrogen-bond donors (Lipinski definition) is 2. The molecule has 1 aromatic carbocycles. The van der Waals surface area contributed by atoms with Gasteiger partial charge in [0.25, 0.3) is 0 Å². The van der Waals surface area contributed by atoms with Crippen LogP contribution in [0.25, 0.3) is 5.65 Å². The van der Waals surface area contributed by atoms with Crippen molar-refractivity contribution in [2.24, 2.45) is 0 Å². The third kappa shape index (κ3) is 3.95. The van der Waals surface area contributed by atoms with E-state index in [1.54, 1.807) is 6.92 Å². The Kier molecular flexibility index (Phi) is 5.18. The largest absolute Gasteiger partial charge is 0.506 e. The highest BCUT2D eigenvalue weighted by Crippen LogP contribution is 2.27. The van der Waals surface area contributed by atoms with Crippen molar-refractivity contribution in [2.45, 2.75) is 31.6 Å². The van der Waals surface area contributed by atoms with Crippen molar-refractivity contribution >= 4 is 27.1 Å². The molecule has 0 fully saturated rings. The number of hydrogen-bond acceptors (Lipinski definition) is 5. The summed E-state index contributed by atoms with van der Waals surface area (Å²) >= 11 is 0. The molecule has 0 atom stereocenters. The fraction of sp³-hybridized carbons (Fsp3) is 0.263. The number of pyridine rings is 1. The van der Waals surface area contributed by atoms with Crippen LogP contribution in [0.2, 0.25) is 0 Å². The molecule has 0 saturated carbocycles. The van der Waals surface area contributed by atoms with E-state index in [1.807, 2.05) is 35.7 Å². The van der Waals surface area contributed by atoms with E-state index in [1.165, 1.54) is 18.2 Å². The normalized spacial score (nSPS) is 11.6. The summed E-state index contributed by atoms with van der Waals surface area (Å²) in [6, 6.07) is 9.58. The maximum atomic E-state index is 12.3. The molecule has 7 nitrogen and oxygen atoms in total. The quantitative estimate of drug-likeness (QED) is 0.634. The van der Waals surface area contributed by atoms with E-state index >= 15 is 0 Å². The molecule has 0 unspecified atom stereocenters. The van der Waals surface area contributed by atoms with Crippen molar-refractivity contribution in [3.05, 3.63) is 54.0 Å². The van der Waals surface area contributed by atoms with Gasteiger partial charge in [-0.2, -0.15) is 0 Å². The molecule has 2 heterocycles. The summed E-state index contributed by atoms with van der Waals surface area (Å²) in [5.74, 6) is -0.551. The summed E-state index contributed by atoms with van der Waals surface area (Å²) < 4.78 is 25.9. The highest BCUT2D eigenvalue weighted by atomic mass is 32.2. The van der Waals surface area contributed by atoms with Gasteiger partial charge in [0.05, 0.1) is 22.0 Å². The summed E-state index contributed by atoms with van der Waals surface area (Å²) in [4.78, 5) is 16.9. The second-order valence-electron chi connectivity index (χ2n) is 6.20. The minimum atomic E-state index is -3.42. The van der Waals surface area contributed by atoms with Gasteiger partial charge < -0.3 is 14.8 Å². The number of nitrogens with one attached hydrogen (secondary N) is 1. The number of amides is 1. The van der Waals surface area contributed by atoms with Crippen LogP contribution in [0, 0.1) is 6.92 Å². The fourth-order valence-corrected chi connectivity index (χ4v) is 3.79. The lowest BCUT2D eigenvalue weighted by molar-refractivity contribution is -0.116. The van der Waals surface area contributed by atoms with Gasteiger partial charge in [-0.05, 0) is 43.7 Å². The van der Waals surface area contributed by atoms with E-state index in [2.05, 4.69) is 10.3 Å². The first-order chi connectivity index (χ1) is 12.8. The van der Waals surface area contributed by atoms with Gasteiger partial charge in [0.1, 0.15) is 11.4 Å². The SMILES string of the molecule is CCS(=O)(=O)c1ccc(O)c(NC(=O)CCc2c(C)nc3ccccn23)c1. The number of sulfone groups is 1. The number of carbonyl (C=O) groups is 1. The Balaban J connectivity index is 1.74. The number of carbonyl (C=O) groups excluding carboxylic acids is 1. The molecule has 0 radical (unpaired) electrons. The molecule has 0 saturated heterocycles. The molecule has 2 N–H and O–H groups in total. The maximum Gasteiger partial charge on any atom is 0.224 e. The van der Waals surface area contributed by atoms with E-state index in [0.717, 1.165) is 17.0 Å². The van der Waals surface area contributed by atoms with Crippen LogP contribution >= 0.6 is 0 Å². The number of aromatic nitrogens is 2. The van der Waals surface area contributed by atoms with Crippen LogP contribution < -0.4 is 5.32 Å². The van der Waals surface area contributed by atoms with Gasteiger partial charge in [-0.3, -0.25) is 4.79 Å². The molecule has 0 aliphatic heterocycles. The molecular formula is C19H21N3O4S. The number of aryl methyl sites for hydroxylation is 2. The minimum Gasteiger partial charge on any atom is -0.506 e. The number of aromatic hydroxyl groups is 1. The Bertz CT molecular complexity index is 1100. The molecule has 8 heteroatoms. The molecular weight excluding hydrogens is 366 g/mol. The van der Waals surface area contributed by atoms with Crippen molar-refractivity contribution in [3.63, 3.8) is 0 Å². The molecule has 27 heavy (non-hydrogen) atoms. The summed E-state index contributed by atoms with van der Waals surface area (Å²) in [5.41, 5.74) is 2.70. The zero-order valence-electron chi connectivity index (χ0n) is 15.1. The molecule has 0 aliphatic rings. The Labute approximate surface area is 157 Å². The number of benzene rings is 1. The number of anilines is 1. The maximum absolute atomic E-state index is 12.3. The third-order valence-electron chi connectivity index (χ3n) is 4.40. The second kappa shape index (κ2) is 7.40. The van der Waals surface area contributed by atoms with E-state index in [4.69, 9.17) is 0 Å². The average molecular weight is 387 g/mol. The predicted molar refractivity (Wildman–Crippen MR) is 103 cm³/mol. The molecule has 0 spiro atoms. The number of phenols is 1. The standard InChI is InChI=1S/C19H21N3O4S/c1-3-27(25,26)14-7-9-17(23)15(12-14)21-19(24)10-8-16-13(2)20-18-6-4-5-11-22(16)18/h4-7,9,11-12,23H,3,8,10H2,1-2H3,(H,21,24). The van der Waals surface area contributed by atoms with Gasteiger partial charge in [0, 0.05) is 18.3 Å². The van der Waals surface area contributed by atoms with Gasteiger partial charge in [-0.15, -0.1) is 0 Å². The molecule has 0 bridgehead atoms. The number of phenolic OH excluding ortho intramolecular Hbond substituents is 1. The lowest BCUT2D eigenvalue weighted by Crippen LogP contribution is -2.14. The van der Waals surface area contributed by atoms with E-state index in [9.17, 15) is 18.3 Å². The molecule has 1 amide bonds. The second-order valence-corrected chi connectivity index (χ2v) is 8.48. The molecule has 3 rings (SSSR count). The van der Waals surface area contributed by atoms with Gasteiger partial charge in [0.15, 0.2) is 9.84 Å². The number of imidazole rings is 1. The Morgan fingerprint density at radius 2 is 2.04 bits per heavy atom. The number of fused-ring (bicyclic) bond motifs is 1. The summed E-state index contributed by atoms with van der Waals surface area (Å²) in [5, 5.41) is 12.5. The predicted octanol–water partition coefficient (Wildman–Crippen LogP) is 2.71. The zero-order valence-corrected chi connectivity index (χ0v) is 16.0. The van der Waals surface area contributed by atoms with Crippen molar-refractivity contribution < 1.29 is 18.3 Å². The van der Waals surface area contributed by atoms with Gasteiger partial charge in [-0.25, -0.2) is 13.4 Å². The van der Waals surface area contributed by atoms with Gasteiger partial charge in [0.2, 0.25) is 5.91 Å². The highest BCUT2D eigenvalue weighted by Gasteiger charge is 2.16. The smallest absolute Gasteiger partial charge is 0.224 e. The van der Waals surface area contributed by atoms with Crippen molar-refractivity contribution in [3.8, 4) is 5.75 Å². The molecule has 3 aromatic rings. The summed E-state index contributed by atoms with van der Waals surface area (Å²) in [7, 11) is -3.42. The Morgan fingerprint density at radius 1 is 1.26 bits per heavy atom. The van der Waals surface area contributed by atoms with E-state index in [0.29, 0.717) is 6.42 Å². The first kappa shape index (κ1) is 18.9. The molecule has 142 valence electrons. The monoisotopic (exact) mass is 387 g/mol. The Hall–Kier alpha value is -2.87. The van der Waals surface area contributed by atoms with Crippen molar-refractivity contribution in [2.75, 3.05) is 11.1 Å². The third-order valence-corrected chi connectivity index (χ3v) is 6.13. The number of rotatable bonds is 6. The van der Waals surface area contributed by atoms with Crippen LogP contribution in [0.3, 0.4) is 0 Å². The van der Waals surface area contributed by atoms with Crippen LogP contribution in [-0.2, 0) is 21.1 Å². The Morgan fingerprint density at radius 3 is 2.78 bits per heavy atom. The lowest BCUT2D eigenvalue weighted by Gasteiger charge is -2.10. The lowest BCUT2D eigenvalue weighted by atomic mass is 10.2. The first-order valence-electron chi connectivity index (χ1n) is 8.60. The molecule has 0 aliphatic carbocycles. The van der Waals surface area contributed by atoms with Gasteiger partial charge in [-0.1, -0.05) is 13.0 Å². The van der Waals surface area contributed by atoms with Crippen LogP contribution in [0.1, 0.15) is 24.7 Å². The highest BCUT2D eigenvalue weighted by molar-refractivity contribution is 7.91. The minimum absolute atomic E-state index is 0.0568. The van der Waals surface area contributed by atoms with Crippen LogP contribution in [0.4, 0.5) is 5.69 Å². The fourth-order valence-electron chi connectivity index (χ4n) is 2.89. The van der Waals surface area contributed by atoms with E-state index in [-0.39, 0.29) is 34.4 Å². The van der Waals surface area contributed by atoms with Crippen molar-refractivity contribution in [1.29, 1.82) is 0 Å². The van der Waals surface area contributed by atoms with Crippen LogP contribution in [-0.4, -0.2) is 34.6 Å². The summed E-state index contributed by atoms with van der Waals surface area (Å²) in [6.07, 6.45) is 2.54. The average Bonchev–Trinajstić information content (AvgIpc) is 2.96.